The molecule has 0 radical (unpaired) electrons. The monoisotopic (exact) mass is 402 g/mol. The molecule has 2 heterocycles. The Balaban J connectivity index is 1.66. The summed E-state index contributed by atoms with van der Waals surface area (Å²) in [6, 6.07) is 15.4. The molecule has 0 spiro atoms. The van der Waals surface area contributed by atoms with Crippen LogP contribution in [-0.2, 0) is 6.18 Å². The Morgan fingerprint density at radius 3 is 2.54 bits per heavy atom. The number of hydrogen-bond donors (Lipinski definition) is 0. The van der Waals surface area contributed by atoms with Crippen molar-refractivity contribution in [2.45, 2.75) is 13.1 Å². The number of ether oxygens (including phenoxy) is 1. The molecule has 0 bridgehead atoms. The number of benzene rings is 2. The summed E-state index contributed by atoms with van der Waals surface area (Å²) in [6.45, 7) is 1.83. The third-order valence-electron chi connectivity index (χ3n) is 4.12. The lowest BCUT2D eigenvalue weighted by molar-refractivity contribution is -0.137. The van der Waals surface area contributed by atoms with Crippen molar-refractivity contribution in [3.05, 3.63) is 76.8 Å². The van der Waals surface area contributed by atoms with E-state index in [1.54, 1.807) is 10.7 Å². The van der Waals surface area contributed by atoms with Crippen molar-refractivity contribution in [1.29, 1.82) is 0 Å². The van der Waals surface area contributed by atoms with E-state index in [1.165, 1.54) is 23.5 Å². The van der Waals surface area contributed by atoms with Crippen LogP contribution >= 0.6 is 11.3 Å². The molecule has 4 rings (SSSR count). The lowest BCUT2D eigenvalue weighted by atomic mass is 10.2. The van der Waals surface area contributed by atoms with E-state index < -0.39 is 17.7 Å². The van der Waals surface area contributed by atoms with Gasteiger partial charge in [0.25, 0.3) is 0 Å². The van der Waals surface area contributed by atoms with E-state index >= 15 is 0 Å². The van der Waals surface area contributed by atoms with Gasteiger partial charge < -0.3 is 4.74 Å². The molecule has 4 aromatic rings. The molecule has 0 aliphatic heterocycles. The largest absolute Gasteiger partial charge is 0.422 e. The molecule has 8 heteroatoms. The van der Waals surface area contributed by atoms with Crippen molar-refractivity contribution in [2.75, 3.05) is 0 Å². The molecule has 2 aromatic carbocycles. The Hall–Kier alpha value is -3.13. The fourth-order valence-electron chi connectivity index (χ4n) is 2.79. The van der Waals surface area contributed by atoms with Crippen LogP contribution in [0.2, 0.25) is 0 Å². The zero-order chi connectivity index (χ0) is 19.9. The number of fused-ring (bicyclic) bond motifs is 1. The van der Waals surface area contributed by atoms with Crippen LogP contribution in [-0.4, -0.2) is 15.7 Å². The fraction of sp³-hybridized carbons (Fsp3) is 0.100. The summed E-state index contributed by atoms with van der Waals surface area (Å²) in [6.07, 6.45) is -4.50. The first-order chi connectivity index (χ1) is 13.3. The predicted octanol–water partition coefficient (Wildman–Crippen LogP) is 5.63. The third kappa shape index (κ3) is 3.38. The summed E-state index contributed by atoms with van der Waals surface area (Å²) in [5.74, 6) is -0.863. The van der Waals surface area contributed by atoms with Crippen LogP contribution in [0.1, 0.15) is 20.9 Å². The van der Waals surface area contributed by atoms with Gasteiger partial charge in [0.1, 0.15) is 15.5 Å². The van der Waals surface area contributed by atoms with Crippen LogP contribution in [0.5, 0.6) is 5.75 Å². The van der Waals surface area contributed by atoms with E-state index in [0.29, 0.717) is 0 Å². The van der Waals surface area contributed by atoms with Crippen molar-refractivity contribution in [1.82, 2.24) is 9.78 Å². The van der Waals surface area contributed by atoms with Gasteiger partial charge in [0.2, 0.25) is 0 Å². The number of esters is 1. The number of hydrogen-bond acceptors (Lipinski definition) is 4. The number of aromatic nitrogens is 2. The van der Waals surface area contributed by atoms with Crippen LogP contribution in [0.4, 0.5) is 13.2 Å². The highest BCUT2D eigenvalue weighted by Crippen LogP contribution is 2.33. The Morgan fingerprint density at radius 1 is 1.07 bits per heavy atom. The summed E-state index contributed by atoms with van der Waals surface area (Å²) < 4.78 is 45.4. The second kappa shape index (κ2) is 6.79. The number of carbonyl (C=O) groups is 1. The van der Waals surface area contributed by atoms with Gasteiger partial charge in [0, 0.05) is 5.39 Å². The number of carbonyl (C=O) groups excluding carboxylic acids is 1. The molecular weight excluding hydrogens is 389 g/mol. The zero-order valence-corrected chi connectivity index (χ0v) is 15.3. The van der Waals surface area contributed by atoms with Gasteiger partial charge in [0.15, 0.2) is 0 Å². The normalized spacial score (nSPS) is 11.7. The lowest BCUT2D eigenvalue weighted by Crippen LogP contribution is -2.09. The number of nitrogens with zero attached hydrogens (tertiary/aromatic N) is 2. The molecule has 0 N–H and O–H groups in total. The van der Waals surface area contributed by atoms with E-state index in [4.69, 9.17) is 4.74 Å². The minimum atomic E-state index is -4.50. The molecule has 0 aliphatic carbocycles. The van der Waals surface area contributed by atoms with Crippen molar-refractivity contribution >= 4 is 27.5 Å². The van der Waals surface area contributed by atoms with Gasteiger partial charge in [-0.15, -0.1) is 11.3 Å². The molecular formula is C20H13F3N2O2S. The van der Waals surface area contributed by atoms with Crippen LogP contribution in [0.15, 0.2) is 60.7 Å². The average molecular weight is 402 g/mol. The Morgan fingerprint density at radius 2 is 1.82 bits per heavy atom. The summed E-state index contributed by atoms with van der Waals surface area (Å²) in [4.78, 5) is 13.5. The molecule has 142 valence electrons. The highest BCUT2D eigenvalue weighted by atomic mass is 32.1. The van der Waals surface area contributed by atoms with Crippen molar-refractivity contribution in [3.8, 4) is 11.4 Å². The van der Waals surface area contributed by atoms with Gasteiger partial charge in [-0.05, 0) is 43.3 Å². The molecule has 0 atom stereocenters. The van der Waals surface area contributed by atoms with Crippen LogP contribution in [0.25, 0.3) is 15.9 Å². The highest BCUT2D eigenvalue weighted by Gasteiger charge is 2.31. The van der Waals surface area contributed by atoms with E-state index in [-0.39, 0.29) is 10.6 Å². The van der Waals surface area contributed by atoms with E-state index in [2.05, 4.69) is 5.10 Å². The van der Waals surface area contributed by atoms with Crippen LogP contribution in [0.3, 0.4) is 0 Å². The maximum absolute atomic E-state index is 12.8. The Labute approximate surface area is 161 Å². The van der Waals surface area contributed by atoms with Gasteiger partial charge in [-0.3, -0.25) is 0 Å². The Kier molecular flexibility index (Phi) is 4.43. The lowest BCUT2D eigenvalue weighted by Gasteiger charge is -2.08. The summed E-state index contributed by atoms with van der Waals surface area (Å²) in [5.41, 5.74) is 0.721. The first-order valence-corrected chi connectivity index (χ1v) is 9.08. The van der Waals surface area contributed by atoms with Gasteiger partial charge in [-0.1, -0.05) is 24.3 Å². The van der Waals surface area contributed by atoms with E-state index in [1.807, 2.05) is 37.3 Å². The molecule has 0 fully saturated rings. The van der Waals surface area contributed by atoms with Gasteiger partial charge in [0.05, 0.1) is 16.9 Å². The van der Waals surface area contributed by atoms with E-state index in [0.717, 1.165) is 33.7 Å². The topological polar surface area (TPSA) is 44.1 Å². The van der Waals surface area contributed by atoms with Gasteiger partial charge in [-0.2, -0.15) is 18.3 Å². The number of rotatable bonds is 3. The maximum atomic E-state index is 12.8. The van der Waals surface area contributed by atoms with Crippen molar-refractivity contribution in [3.63, 3.8) is 0 Å². The molecule has 0 unspecified atom stereocenters. The third-order valence-corrected chi connectivity index (χ3v) is 5.21. The van der Waals surface area contributed by atoms with Crippen molar-refractivity contribution < 1.29 is 22.7 Å². The number of thiophene rings is 1. The fourth-order valence-corrected chi connectivity index (χ4v) is 3.84. The SMILES string of the molecule is Cc1nn(-c2ccccc2)c2sc(C(=O)Oc3cccc(C(F)(F)F)c3)cc12. The van der Waals surface area contributed by atoms with Gasteiger partial charge in [-0.25, -0.2) is 9.48 Å². The number of alkyl halides is 3. The molecule has 2 aromatic heterocycles. The zero-order valence-electron chi connectivity index (χ0n) is 14.5. The van der Waals surface area contributed by atoms with Crippen molar-refractivity contribution in [2.24, 2.45) is 0 Å². The van der Waals surface area contributed by atoms with E-state index in [9.17, 15) is 18.0 Å². The highest BCUT2D eigenvalue weighted by molar-refractivity contribution is 7.20. The molecule has 0 aliphatic rings. The quantitative estimate of drug-likeness (QED) is 0.329. The van der Waals surface area contributed by atoms with Gasteiger partial charge >= 0.3 is 12.1 Å². The molecule has 4 nitrogen and oxygen atoms in total. The van der Waals surface area contributed by atoms with Crippen LogP contribution < -0.4 is 4.74 Å². The number of para-hydroxylation sites is 1. The number of halogens is 3. The second-order valence-electron chi connectivity index (χ2n) is 6.08. The molecule has 0 amide bonds. The average Bonchev–Trinajstić information content (AvgIpc) is 3.23. The van der Waals surface area contributed by atoms with Crippen LogP contribution in [0, 0.1) is 6.92 Å². The molecule has 28 heavy (non-hydrogen) atoms. The first kappa shape index (κ1) is 18.2. The predicted molar refractivity (Wildman–Crippen MR) is 100 cm³/mol. The standard InChI is InChI=1S/C20H13F3N2O2S/c1-12-16-11-17(28-18(16)25(24-12)14-7-3-2-4-8-14)19(26)27-15-9-5-6-13(10-15)20(21,22)23/h2-11H,1H3. The minimum absolute atomic E-state index is 0.154. The molecule has 0 saturated heterocycles. The summed E-state index contributed by atoms with van der Waals surface area (Å²) in [5, 5.41) is 5.29. The minimum Gasteiger partial charge on any atom is -0.422 e. The first-order valence-electron chi connectivity index (χ1n) is 8.27. The number of aryl methyl sites for hydroxylation is 1. The summed E-state index contributed by atoms with van der Waals surface area (Å²) in [7, 11) is 0. The summed E-state index contributed by atoms with van der Waals surface area (Å²) >= 11 is 1.18. The Bertz CT molecular complexity index is 1160. The maximum Gasteiger partial charge on any atom is 0.416 e. The molecule has 0 saturated carbocycles. The smallest absolute Gasteiger partial charge is 0.416 e. The second-order valence-corrected chi connectivity index (χ2v) is 7.11.